The van der Waals surface area contributed by atoms with Gasteiger partial charge in [0.25, 0.3) is 0 Å². The maximum Gasteiger partial charge on any atom is 0.326 e. The number of carboxylic acid groups (broad SMARTS) is 1. The lowest BCUT2D eigenvalue weighted by Gasteiger charge is -2.14. The lowest BCUT2D eigenvalue weighted by Crippen LogP contribution is -2.43. The summed E-state index contributed by atoms with van der Waals surface area (Å²) in [6, 6.07) is 8.24. The topological polar surface area (TPSA) is 95.1 Å². The van der Waals surface area contributed by atoms with Crippen molar-refractivity contribution in [3.8, 4) is 0 Å². The first-order chi connectivity index (χ1) is 9.65. The van der Waals surface area contributed by atoms with Crippen LogP contribution in [-0.4, -0.2) is 33.0 Å². The molecule has 0 saturated heterocycles. The number of carbonyl (C=O) groups excluding carboxylic acids is 1. The van der Waals surface area contributed by atoms with Gasteiger partial charge in [0.1, 0.15) is 6.04 Å². The molecular weight excluding hydrogens is 258 g/mol. The number of nitrogens with one attached hydrogen (secondary N) is 2. The molecule has 2 aromatic rings. The summed E-state index contributed by atoms with van der Waals surface area (Å²) < 4.78 is 0. The molecule has 3 N–H and O–H groups in total. The Morgan fingerprint density at radius 1 is 1.30 bits per heavy atom. The zero-order valence-corrected chi connectivity index (χ0v) is 10.7. The standard InChI is InChI=1S/C14H15N3O3/c18-13(7-11-8-15-9-16-11)17-12(14(19)20)6-10-4-2-1-3-5-10/h1-5,8-9,12H,6-7H2,(H,15,16)(H,17,18)(H,19,20)/t12-/m0/s1. The van der Waals surface area contributed by atoms with Crippen LogP contribution in [-0.2, 0) is 22.4 Å². The molecule has 20 heavy (non-hydrogen) atoms. The van der Waals surface area contributed by atoms with Gasteiger partial charge in [0.15, 0.2) is 0 Å². The average molecular weight is 273 g/mol. The molecule has 0 radical (unpaired) electrons. The Kier molecular flexibility index (Phi) is 4.49. The number of nitrogens with zero attached hydrogens (tertiary/aromatic N) is 1. The van der Waals surface area contributed by atoms with Crippen molar-refractivity contribution in [1.29, 1.82) is 0 Å². The van der Waals surface area contributed by atoms with Crippen LogP contribution < -0.4 is 5.32 Å². The van der Waals surface area contributed by atoms with Crippen LogP contribution in [0.15, 0.2) is 42.9 Å². The van der Waals surface area contributed by atoms with Crippen LogP contribution >= 0.6 is 0 Å². The third-order valence-corrected chi connectivity index (χ3v) is 2.81. The molecule has 6 heteroatoms. The van der Waals surface area contributed by atoms with E-state index in [1.165, 1.54) is 6.33 Å². The van der Waals surface area contributed by atoms with Crippen molar-refractivity contribution in [2.24, 2.45) is 0 Å². The van der Waals surface area contributed by atoms with E-state index in [1.807, 2.05) is 30.3 Å². The Labute approximate surface area is 115 Å². The van der Waals surface area contributed by atoms with Gasteiger partial charge in [-0.1, -0.05) is 30.3 Å². The van der Waals surface area contributed by atoms with E-state index in [0.29, 0.717) is 5.69 Å². The van der Waals surface area contributed by atoms with Crippen LogP contribution in [0.25, 0.3) is 0 Å². The van der Waals surface area contributed by atoms with Crippen LogP contribution in [0.5, 0.6) is 0 Å². The second kappa shape index (κ2) is 6.51. The molecule has 1 aromatic carbocycles. The number of imidazole rings is 1. The van der Waals surface area contributed by atoms with Gasteiger partial charge < -0.3 is 15.4 Å². The predicted octanol–water partition coefficient (Wildman–Crippen LogP) is 0.764. The SMILES string of the molecule is O=C(Cc1c[nH]cn1)N[C@@H](Cc1ccccc1)C(=O)O. The van der Waals surface area contributed by atoms with Gasteiger partial charge in [-0.25, -0.2) is 9.78 Å². The zero-order chi connectivity index (χ0) is 14.4. The number of carbonyl (C=O) groups is 2. The van der Waals surface area contributed by atoms with Crippen molar-refractivity contribution in [3.05, 3.63) is 54.1 Å². The highest BCUT2D eigenvalue weighted by atomic mass is 16.4. The first-order valence-electron chi connectivity index (χ1n) is 6.19. The number of aliphatic carboxylic acids is 1. The molecule has 0 aliphatic heterocycles. The zero-order valence-electron chi connectivity index (χ0n) is 10.7. The van der Waals surface area contributed by atoms with Crippen LogP contribution in [0.2, 0.25) is 0 Å². The summed E-state index contributed by atoms with van der Waals surface area (Å²) in [5, 5.41) is 11.7. The van der Waals surface area contributed by atoms with Gasteiger partial charge in [0, 0.05) is 12.6 Å². The van der Waals surface area contributed by atoms with Gasteiger partial charge in [-0.05, 0) is 5.56 Å². The first kappa shape index (κ1) is 13.8. The molecule has 0 saturated carbocycles. The number of hydrogen-bond acceptors (Lipinski definition) is 3. The summed E-state index contributed by atoms with van der Waals surface area (Å²) in [5.74, 6) is -1.41. The number of benzene rings is 1. The van der Waals surface area contributed by atoms with Crippen molar-refractivity contribution in [1.82, 2.24) is 15.3 Å². The second-order valence-corrected chi connectivity index (χ2v) is 4.39. The lowest BCUT2D eigenvalue weighted by molar-refractivity contribution is -0.141. The smallest absolute Gasteiger partial charge is 0.326 e. The van der Waals surface area contributed by atoms with Crippen molar-refractivity contribution < 1.29 is 14.7 Å². The van der Waals surface area contributed by atoms with Gasteiger partial charge in [-0.3, -0.25) is 4.79 Å². The minimum atomic E-state index is -1.05. The molecule has 104 valence electrons. The van der Waals surface area contributed by atoms with E-state index in [0.717, 1.165) is 5.56 Å². The summed E-state index contributed by atoms with van der Waals surface area (Å²) in [6.45, 7) is 0. The molecule has 1 aromatic heterocycles. The van der Waals surface area contributed by atoms with Crippen LogP contribution in [0.4, 0.5) is 0 Å². The van der Waals surface area contributed by atoms with Crippen LogP contribution in [0.3, 0.4) is 0 Å². The number of aromatic amines is 1. The molecule has 0 spiro atoms. The number of H-pyrrole nitrogens is 1. The van der Waals surface area contributed by atoms with Gasteiger partial charge in [0.2, 0.25) is 5.91 Å². The van der Waals surface area contributed by atoms with Crippen molar-refractivity contribution in [2.45, 2.75) is 18.9 Å². The Hall–Kier alpha value is -2.63. The molecular formula is C14H15N3O3. The van der Waals surface area contributed by atoms with E-state index < -0.39 is 12.0 Å². The predicted molar refractivity (Wildman–Crippen MR) is 72.0 cm³/mol. The Bertz CT molecular complexity index is 567. The number of amides is 1. The molecule has 2 rings (SSSR count). The highest BCUT2D eigenvalue weighted by molar-refractivity contribution is 5.84. The lowest BCUT2D eigenvalue weighted by atomic mass is 10.1. The average Bonchev–Trinajstić information content (AvgIpc) is 2.92. The Morgan fingerprint density at radius 3 is 2.65 bits per heavy atom. The normalized spacial score (nSPS) is 11.8. The summed E-state index contributed by atoms with van der Waals surface area (Å²) in [7, 11) is 0. The summed E-state index contributed by atoms with van der Waals surface area (Å²) in [6.07, 6.45) is 3.39. The molecule has 1 atom stereocenters. The molecule has 0 unspecified atom stereocenters. The number of carboxylic acids is 1. The number of hydrogen-bond donors (Lipinski definition) is 3. The highest BCUT2D eigenvalue weighted by Crippen LogP contribution is 2.04. The van der Waals surface area contributed by atoms with E-state index in [-0.39, 0.29) is 18.7 Å². The summed E-state index contributed by atoms with van der Waals surface area (Å²) in [4.78, 5) is 29.7. The molecule has 0 aliphatic carbocycles. The fraction of sp³-hybridized carbons (Fsp3) is 0.214. The van der Waals surface area contributed by atoms with Crippen molar-refractivity contribution >= 4 is 11.9 Å². The monoisotopic (exact) mass is 273 g/mol. The van der Waals surface area contributed by atoms with E-state index in [1.54, 1.807) is 6.20 Å². The number of rotatable bonds is 6. The molecule has 1 amide bonds. The van der Waals surface area contributed by atoms with E-state index in [2.05, 4.69) is 15.3 Å². The maximum absolute atomic E-state index is 11.8. The molecule has 0 fully saturated rings. The van der Waals surface area contributed by atoms with E-state index in [9.17, 15) is 14.7 Å². The Balaban J connectivity index is 1.95. The third kappa shape index (κ3) is 3.94. The van der Waals surface area contributed by atoms with Crippen molar-refractivity contribution in [3.63, 3.8) is 0 Å². The first-order valence-corrected chi connectivity index (χ1v) is 6.19. The fourth-order valence-electron chi connectivity index (χ4n) is 1.85. The largest absolute Gasteiger partial charge is 0.480 e. The second-order valence-electron chi connectivity index (χ2n) is 4.39. The number of aromatic nitrogens is 2. The molecule has 6 nitrogen and oxygen atoms in total. The van der Waals surface area contributed by atoms with Gasteiger partial charge in [-0.2, -0.15) is 0 Å². The molecule has 0 bridgehead atoms. The summed E-state index contributed by atoms with van der Waals surface area (Å²) >= 11 is 0. The molecule has 1 heterocycles. The maximum atomic E-state index is 11.8. The Morgan fingerprint density at radius 2 is 2.05 bits per heavy atom. The molecule has 0 aliphatic rings. The highest BCUT2D eigenvalue weighted by Gasteiger charge is 2.20. The fourth-order valence-corrected chi connectivity index (χ4v) is 1.85. The van der Waals surface area contributed by atoms with Crippen LogP contribution in [0, 0.1) is 0 Å². The minimum Gasteiger partial charge on any atom is -0.480 e. The third-order valence-electron chi connectivity index (χ3n) is 2.81. The summed E-state index contributed by atoms with van der Waals surface area (Å²) in [5.41, 5.74) is 1.44. The van der Waals surface area contributed by atoms with E-state index in [4.69, 9.17) is 0 Å². The van der Waals surface area contributed by atoms with Crippen molar-refractivity contribution in [2.75, 3.05) is 0 Å². The van der Waals surface area contributed by atoms with Crippen LogP contribution in [0.1, 0.15) is 11.3 Å². The minimum absolute atomic E-state index is 0.0576. The quantitative estimate of drug-likeness (QED) is 0.724. The van der Waals surface area contributed by atoms with E-state index >= 15 is 0 Å². The van der Waals surface area contributed by atoms with Gasteiger partial charge in [-0.15, -0.1) is 0 Å². The van der Waals surface area contributed by atoms with Gasteiger partial charge >= 0.3 is 5.97 Å². The van der Waals surface area contributed by atoms with Gasteiger partial charge in [0.05, 0.1) is 18.4 Å².